The molecule has 2 N–H and O–H groups in total. The lowest BCUT2D eigenvalue weighted by atomic mass is 10.0. The highest BCUT2D eigenvalue weighted by atomic mass is 32.1. The Morgan fingerprint density at radius 3 is 2.58 bits per heavy atom. The van der Waals surface area contributed by atoms with Crippen LogP contribution < -0.4 is 4.74 Å². The molecule has 1 saturated heterocycles. The summed E-state index contributed by atoms with van der Waals surface area (Å²) in [6.45, 7) is 3.15. The van der Waals surface area contributed by atoms with E-state index >= 15 is 0 Å². The zero-order valence-corrected chi connectivity index (χ0v) is 18.7. The van der Waals surface area contributed by atoms with Gasteiger partial charge in [0.15, 0.2) is 5.75 Å². The molecular weight excluding hydrogens is 434 g/mol. The van der Waals surface area contributed by atoms with Crippen molar-refractivity contribution in [2.45, 2.75) is 13.0 Å². The van der Waals surface area contributed by atoms with Crippen LogP contribution in [0.2, 0.25) is 0 Å². The van der Waals surface area contributed by atoms with E-state index in [-0.39, 0.29) is 5.75 Å². The van der Waals surface area contributed by atoms with Crippen molar-refractivity contribution in [3.8, 4) is 27.7 Å². The summed E-state index contributed by atoms with van der Waals surface area (Å²) in [6.07, 6.45) is 3.91. The molecule has 166 valence electrons. The third-order valence-electron chi connectivity index (χ3n) is 5.75. The lowest BCUT2D eigenvalue weighted by molar-refractivity contribution is -0.131. The number of ether oxygens (including phenoxy) is 1. The van der Waals surface area contributed by atoms with Gasteiger partial charge in [0.2, 0.25) is 0 Å². The van der Waals surface area contributed by atoms with Gasteiger partial charge in [-0.3, -0.25) is 4.90 Å². The third-order valence-corrected chi connectivity index (χ3v) is 6.92. The zero-order chi connectivity index (χ0) is 22.8. The summed E-state index contributed by atoms with van der Waals surface area (Å²) in [7, 11) is 0. The molecule has 0 radical (unpaired) electrons. The largest absolute Gasteiger partial charge is 0.508 e. The van der Waals surface area contributed by atoms with Gasteiger partial charge in [0, 0.05) is 22.7 Å². The number of fused-ring (bicyclic) bond motifs is 1. The van der Waals surface area contributed by atoms with Crippen molar-refractivity contribution < 1.29 is 19.7 Å². The van der Waals surface area contributed by atoms with E-state index in [1.807, 2.05) is 36.4 Å². The Hall–Kier alpha value is -3.61. The van der Waals surface area contributed by atoms with E-state index in [0.29, 0.717) is 5.75 Å². The minimum atomic E-state index is -0.982. The molecule has 1 fully saturated rings. The van der Waals surface area contributed by atoms with Gasteiger partial charge in [-0.2, -0.15) is 0 Å². The van der Waals surface area contributed by atoms with Crippen LogP contribution in [0, 0.1) is 0 Å². The second-order valence-electron chi connectivity index (χ2n) is 8.07. The molecule has 33 heavy (non-hydrogen) atoms. The monoisotopic (exact) mass is 457 g/mol. The van der Waals surface area contributed by atoms with Crippen molar-refractivity contribution in [2.24, 2.45) is 0 Å². The molecule has 0 atom stereocenters. The fraction of sp³-hybridized carbons (Fsp3) is 0.148. The quantitative estimate of drug-likeness (QED) is 0.316. The number of nitrogens with zero attached hydrogens (tertiary/aromatic N) is 1. The van der Waals surface area contributed by atoms with Gasteiger partial charge in [-0.25, -0.2) is 4.79 Å². The number of hydrogen-bond acceptors (Lipinski definition) is 5. The minimum Gasteiger partial charge on any atom is -0.508 e. The Kier molecular flexibility index (Phi) is 5.86. The Labute approximate surface area is 195 Å². The van der Waals surface area contributed by atoms with E-state index in [0.717, 1.165) is 57.5 Å². The number of likely N-dealkylation sites (tertiary alicyclic amines) is 1. The fourth-order valence-corrected chi connectivity index (χ4v) is 5.16. The summed E-state index contributed by atoms with van der Waals surface area (Å²) < 4.78 is 7.37. The molecule has 0 spiro atoms. The van der Waals surface area contributed by atoms with E-state index in [1.54, 1.807) is 29.5 Å². The molecule has 0 bridgehead atoms. The minimum absolute atomic E-state index is 0.227. The van der Waals surface area contributed by atoms with E-state index in [4.69, 9.17) is 9.84 Å². The number of carbonyl (C=O) groups is 1. The van der Waals surface area contributed by atoms with Crippen LogP contribution in [0.3, 0.4) is 0 Å². The number of phenolic OH excluding ortho intramolecular Hbond substituents is 1. The van der Waals surface area contributed by atoms with Crippen LogP contribution in [0.5, 0.6) is 17.2 Å². The van der Waals surface area contributed by atoms with Gasteiger partial charge in [0.1, 0.15) is 11.5 Å². The Morgan fingerprint density at radius 2 is 1.85 bits per heavy atom. The number of aliphatic carboxylic acids is 1. The van der Waals surface area contributed by atoms with Gasteiger partial charge in [-0.1, -0.05) is 36.4 Å². The van der Waals surface area contributed by atoms with Crippen LogP contribution in [0.25, 0.3) is 26.6 Å². The maximum Gasteiger partial charge on any atom is 0.328 e. The van der Waals surface area contributed by atoms with Gasteiger partial charge in [0.25, 0.3) is 0 Å². The second-order valence-corrected chi connectivity index (χ2v) is 9.12. The second kappa shape index (κ2) is 9.10. The van der Waals surface area contributed by atoms with E-state index < -0.39 is 5.97 Å². The van der Waals surface area contributed by atoms with Crippen LogP contribution in [-0.2, 0) is 11.3 Å². The van der Waals surface area contributed by atoms with E-state index in [9.17, 15) is 9.90 Å². The number of benzene rings is 3. The topological polar surface area (TPSA) is 70.0 Å². The Morgan fingerprint density at radius 1 is 1.06 bits per heavy atom. The normalized spacial score (nSPS) is 13.9. The maximum absolute atomic E-state index is 10.8. The predicted octanol–water partition coefficient (Wildman–Crippen LogP) is 6.37. The number of aromatic hydroxyl groups is 1. The van der Waals surface area contributed by atoms with Crippen LogP contribution in [0.15, 0.2) is 72.8 Å². The summed E-state index contributed by atoms with van der Waals surface area (Å²) in [5, 5.41) is 19.8. The number of carboxylic acid groups (broad SMARTS) is 1. The summed E-state index contributed by atoms with van der Waals surface area (Å²) >= 11 is 1.61. The van der Waals surface area contributed by atoms with Crippen molar-refractivity contribution >= 4 is 33.5 Å². The molecule has 4 aromatic rings. The first-order valence-electron chi connectivity index (χ1n) is 10.8. The SMILES string of the molecule is O=C(O)/C=C/c1ccc(Oc2c(-c3ccccc3CN3CCC3)sc3cc(O)ccc23)cc1. The summed E-state index contributed by atoms with van der Waals surface area (Å²) in [5.74, 6) is 0.673. The number of carboxylic acids is 1. The molecule has 5 nitrogen and oxygen atoms in total. The zero-order valence-electron chi connectivity index (χ0n) is 17.9. The smallest absolute Gasteiger partial charge is 0.328 e. The Bertz CT molecular complexity index is 1340. The molecule has 0 saturated carbocycles. The lowest BCUT2D eigenvalue weighted by Gasteiger charge is -2.31. The third kappa shape index (κ3) is 4.62. The lowest BCUT2D eigenvalue weighted by Crippen LogP contribution is -2.36. The first-order valence-corrected chi connectivity index (χ1v) is 11.6. The number of phenols is 1. The van der Waals surface area contributed by atoms with Crippen LogP contribution >= 0.6 is 11.3 Å². The average Bonchev–Trinajstić information content (AvgIpc) is 3.13. The Balaban J connectivity index is 1.55. The first kappa shape index (κ1) is 21.2. The standard InChI is InChI=1S/C27H23NO4S/c29-20-9-12-23-24(16-20)33-27(22-5-2-1-4-19(22)17-28-14-3-15-28)26(23)32-21-10-6-18(7-11-21)8-13-25(30)31/h1-2,4-13,16,29H,3,14-15,17H2,(H,30,31)/b13-8+. The molecule has 2 heterocycles. The van der Waals surface area contributed by atoms with Crippen LogP contribution in [0.1, 0.15) is 17.5 Å². The highest BCUT2D eigenvalue weighted by Gasteiger charge is 2.21. The molecule has 0 aliphatic carbocycles. The average molecular weight is 458 g/mol. The van der Waals surface area contributed by atoms with Crippen molar-refractivity contribution in [1.82, 2.24) is 4.90 Å². The van der Waals surface area contributed by atoms with Gasteiger partial charge >= 0.3 is 5.97 Å². The first-order chi connectivity index (χ1) is 16.1. The van der Waals surface area contributed by atoms with Crippen molar-refractivity contribution in [1.29, 1.82) is 0 Å². The van der Waals surface area contributed by atoms with Crippen LogP contribution in [0.4, 0.5) is 0 Å². The van der Waals surface area contributed by atoms with E-state index in [1.165, 1.54) is 12.0 Å². The predicted molar refractivity (Wildman–Crippen MR) is 132 cm³/mol. The van der Waals surface area contributed by atoms with E-state index in [2.05, 4.69) is 23.1 Å². The molecule has 1 aliphatic heterocycles. The number of thiophene rings is 1. The molecule has 1 aliphatic rings. The maximum atomic E-state index is 10.8. The van der Waals surface area contributed by atoms with Gasteiger partial charge in [0.05, 0.1) is 4.88 Å². The molecule has 0 unspecified atom stereocenters. The highest BCUT2D eigenvalue weighted by Crippen LogP contribution is 2.48. The molecule has 6 heteroatoms. The summed E-state index contributed by atoms with van der Waals surface area (Å²) in [5.41, 5.74) is 3.18. The summed E-state index contributed by atoms with van der Waals surface area (Å²) in [6, 6.07) is 21.1. The molecule has 0 amide bonds. The van der Waals surface area contributed by atoms with Crippen LogP contribution in [-0.4, -0.2) is 34.2 Å². The van der Waals surface area contributed by atoms with Crippen molar-refractivity contribution in [3.05, 3.63) is 83.9 Å². The van der Waals surface area contributed by atoms with Gasteiger partial charge < -0.3 is 14.9 Å². The van der Waals surface area contributed by atoms with Crippen molar-refractivity contribution in [2.75, 3.05) is 13.1 Å². The number of rotatable bonds is 7. The molecule has 3 aromatic carbocycles. The fourth-order valence-electron chi connectivity index (χ4n) is 3.93. The van der Waals surface area contributed by atoms with Gasteiger partial charge in [-0.15, -0.1) is 11.3 Å². The molecule has 1 aromatic heterocycles. The molecular formula is C27H23NO4S. The van der Waals surface area contributed by atoms with Gasteiger partial charge in [-0.05, 0) is 72.6 Å². The van der Waals surface area contributed by atoms with Crippen molar-refractivity contribution in [3.63, 3.8) is 0 Å². The number of hydrogen-bond donors (Lipinski definition) is 2. The molecule has 5 rings (SSSR count). The summed E-state index contributed by atoms with van der Waals surface area (Å²) in [4.78, 5) is 14.2. The highest BCUT2D eigenvalue weighted by molar-refractivity contribution is 7.22.